The Labute approximate surface area is 401 Å². The molecule has 4 heterocycles. The molecule has 320 valence electrons. The maximum atomic E-state index is 2.49. The molecule has 2 nitrogen and oxygen atoms in total. The monoisotopic (exact) mass is 890 g/mol. The van der Waals surface area contributed by atoms with Crippen molar-refractivity contribution in [3.63, 3.8) is 0 Å². The minimum absolute atomic E-state index is 1.15. The lowest BCUT2D eigenvalue weighted by Crippen LogP contribution is -2.70. The summed E-state index contributed by atoms with van der Waals surface area (Å²) in [5, 5.41) is 11.0. The van der Waals surface area contributed by atoms with Gasteiger partial charge >= 0.3 is 0 Å². The lowest BCUT2D eigenvalue weighted by molar-refractivity contribution is 1.18. The number of para-hydroxylation sites is 3. The van der Waals surface area contributed by atoms with E-state index in [9.17, 15) is 0 Å². The normalized spacial score (nSPS) is 13.0. The van der Waals surface area contributed by atoms with Crippen LogP contribution in [-0.2, 0) is 0 Å². The molecule has 11 aromatic carbocycles. The number of nitrogens with zero attached hydrogens (tertiary/aromatic N) is 2. The summed E-state index contributed by atoms with van der Waals surface area (Å²) in [4.78, 5) is 0. The topological polar surface area (TPSA) is 9.86 Å². The quantitative estimate of drug-likeness (QED) is 0.152. The molecule has 0 radical (unpaired) electrons. The molecule has 0 unspecified atom stereocenters. The first-order chi connectivity index (χ1) is 34.2. The van der Waals surface area contributed by atoms with Gasteiger partial charge in [0.2, 0.25) is 0 Å². The summed E-state index contributed by atoms with van der Waals surface area (Å²) in [5.41, 5.74) is 20.0. The van der Waals surface area contributed by atoms with Crippen molar-refractivity contribution >= 4 is 72.4 Å². The Bertz CT molecular complexity index is 4190. The predicted octanol–water partition coefficient (Wildman–Crippen LogP) is 14.2. The zero-order chi connectivity index (χ0) is 45.2. The molecule has 3 heteroatoms. The molecule has 2 aromatic heterocycles. The van der Waals surface area contributed by atoms with Crippen LogP contribution in [0.25, 0.3) is 111 Å². The van der Waals surface area contributed by atoms with Crippen LogP contribution in [0.2, 0.25) is 0 Å². The van der Waals surface area contributed by atoms with Crippen LogP contribution in [-0.4, -0.2) is 17.2 Å². The molecule has 0 atom stereocenters. The van der Waals surface area contributed by atoms with E-state index in [-0.39, 0.29) is 0 Å². The molecular formula is C66H42N2Si. The second-order valence-corrected chi connectivity index (χ2v) is 22.4. The molecule has 13 aromatic rings. The van der Waals surface area contributed by atoms with Gasteiger partial charge in [0.15, 0.2) is 8.07 Å². The molecule has 2 aliphatic rings. The van der Waals surface area contributed by atoms with Crippen LogP contribution in [0.4, 0.5) is 0 Å². The standard InChI is InChI=1S/C66H42N2Si/c1-3-15-43(16-4-1)45-31-37-65-57(41-45)58-42-46(32-38-66(58)69(65)63-25-13-9-21-53(63)54-22-10-14-26-64(54)69)44-27-33-50(34-28-44)68-60-24-12-8-20-52(60)56-40-48(30-36-62(56)68)47-29-35-61-55(39-47)51-19-7-11-23-59(51)67(61)49-17-5-2-6-18-49/h1-42H. The van der Waals surface area contributed by atoms with Gasteiger partial charge in [0.25, 0.3) is 0 Å². The Morgan fingerprint density at radius 3 is 1.12 bits per heavy atom. The summed E-state index contributed by atoms with van der Waals surface area (Å²) in [6, 6.07) is 95.4. The zero-order valence-electron chi connectivity index (χ0n) is 37.6. The van der Waals surface area contributed by atoms with E-state index in [4.69, 9.17) is 0 Å². The maximum absolute atomic E-state index is 2.56. The van der Waals surface area contributed by atoms with Crippen LogP contribution in [0.5, 0.6) is 0 Å². The number of hydrogen-bond donors (Lipinski definition) is 0. The van der Waals surface area contributed by atoms with E-state index in [1.165, 1.54) is 126 Å². The summed E-state index contributed by atoms with van der Waals surface area (Å²) < 4.78 is 4.82. The Morgan fingerprint density at radius 1 is 0.217 bits per heavy atom. The summed E-state index contributed by atoms with van der Waals surface area (Å²) >= 11 is 0. The average molecular weight is 891 g/mol. The molecule has 0 saturated heterocycles. The molecule has 0 amide bonds. The van der Waals surface area contributed by atoms with E-state index in [0.717, 1.165) is 5.69 Å². The van der Waals surface area contributed by atoms with Crippen molar-refractivity contribution < 1.29 is 0 Å². The fourth-order valence-electron chi connectivity index (χ4n) is 12.4. The van der Waals surface area contributed by atoms with Gasteiger partial charge in [-0.05, 0) is 149 Å². The van der Waals surface area contributed by atoms with Crippen molar-refractivity contribution in [1.82, 2.24) is 9.13 Å². The number of aromatic nitrogens is 2. The molecule has 0 fully saturated rings. The number of rotatable bonds is 5. The van der Waals surface area contributed by atoms with Gasteiger partial charge in [0.1, 0.15) is 0 Å². The Hall–Kier alpha value is -8.76. The lowest BCUT2D eigenvalue weighted by Gasteiger charge is -2.28. The van der Waals surface area contributed by atoms with Crippen molar-refractivity contribution in [2.75, 3.05) is 0 Å². The van der Waals surface area contributed by atoms with Crippen molar-refractivity contribution in [3.05, 3.63) is 255 Å². The summed E-state index contributed by atoms with van der Waals surface area (Å²) in [6.07, 6.45) is 0. The molecule has 2 aliphatic heterocycles. The van der Waals surface area contributed by atoms with E-state index in [1.807, 2.05) is 0 Å². The summed E-state index contributed by atoms with van der Waals surface area (Å²) in [6.45, 7) is 0. The second-order valence-electron chi connectivity index (χ2n) is 18.8. The summed E-state index contributed by atoms with van der Waals surface area (Å²) in [5.74, 6) is 0. The van der Waals surface area contributed by atoms with Gasteiger partial charge in [-0.15, -0.1) is 0 Å². The SMILES string of the molecule is c1ccc(-c2ccc3c(c2)-c2cc(-c4ccc(-n5c6ccccc6c6cc(-c7ccc8c(c7)c7ccccc7n8-c7ccccc7)ccc65)cc4)ccc2[Si]32c3ccccc3-c3ccccc32)cc1. The highest BCUT2D eigenvalue weighted by atomic mass is 28.3. The molecular weight excluding hydrogens is 849 g/mol. The second kappa shape index (κ2) is 14.6. The third-order valence-corrected chi connectivity index (χ3v) is 20.3. The van der Waals surface area contributed by atoms with E-state index in [1.54, 1.807) is 0 Å². The first-order valence-electron chi connectivity index (χ1n) is 24.0. The smallest absolute Gasteiger partial charge is 0.182 e. The average Bonchev–Trinajstić information content (AvgIpc) is 4.13. The minimum Gasteiger partial charge on any atom is -0.309 e. The fourth-order valence-corrected chi connectivity index (χ4v) is 17.9. The third kappa shape index (κ3) is 5.42. The minimum atomic E-state index is -2.56. The van der Waals surface area contributed by atoms with E-state index < -0.39 is 8.07 Å². The number of hydrogen-bond acceptors (Lipinski definition) is 0. The molecule has 69 heavy (non-hydrogen) atoms. The third-order valence-electron chi connectivity index (χ3n) is 15.3. The van der Waals surface area contributed by atoms with Crippen LogP contribution < -0.4 is 20.7 Å². The van der Waals surface area contributed by atoms with Gasteiger partial charge in [-0.2, -0.15) is 0 Å². The van der Waals surface area contributed by atoms with Crippen molar-refractivity contribution in [1.29, 1.82) is 0 Å². The molecule has 0 saturated carbocycles. The van der Waals surface area contributed by atoms with Gasteiger partial charge in [-0.3, -0.25) is 0 Å². The fraction of sp³-hybridized carbons (Fsp3) is 0. The van der Waals surface area contributed by atoms with Crippen molar-refractivity contribution in [3.8, 4) is 67.0 Å². The van der Waals surface area contributed by atoms with Crippen LogP contribution in [0.1, 0.15) is 0 Å². The highest BCUT2D eigenvalue weighted by Gasteiger charge is 2.54. The van der Waals surface area contributed by atoms with Gasteiger partial charge in [0, 0.05) is 32.9 Å². The molecule has 1 spiro atoms. The molecule has 0 aliphatic carbocycles. The maximum Gasteiger partial charge on any atom is 0.182 e. The first kappa shape index (κ1) is 38.4. The van der Waals surface area contributed by atoms with E-state index in [0.29, 0.717) is 0 Å². The lowest BCUT2D eigenvalue weighted by atomic mass is 9.96. The van der Waals surface area contributed by atoms with E-state index in [2.05, 4.69) is 264 Å². The largest absolute Gasteiger partial charge is 0.309 e. The Balaban J connectivity index is 0.839. The highest BCUT2D eigenvalue weighted by Crippen LogP contribution is 2.41. The number of benzene rings is 11. The first-order valence-corrected chi connectivity index (χ1v) is 26.0. The predicted molar refractivity (Wildman–Crippen MR) is 293 cm³/mol. The highest BCUT2D eigenvalue weighted by molar-refractivity contribution is 7.24. The van der Waals surface area contributed by atoms with Crippen LogP contribution in [0.3, 0.4) is 0 Å². The molecule has 15 rings (SSSR count). The van der Waals surface area contributed by atoms with Gasteiger partial charge in [-0.1, -0.05) is 182 Å². The Morgan fingerprint density at radius 2 is 0.580 bits per heavy atom. The van der Waals surface area contributed by atoms with Gasteiger partial charge in [0.05, 0.1) is 22.1 Å². The zero-order valence-corrected chi connectivity index (χ0v) is 38.6. The van der Waals surface area contributed by atoms with Crippen molar-refractivity contribution in [2.45, 2.75) is 0 Å². The van der Waals surface area contributed by atoms with Crippen LogP contribution >= 0.6 is 0 Å². The molecule has 0 bridgehead atoms. The van der Waals surface area contributed by atoms with Crippen molar-refractivity contribution in [2.24, 2.45) is 0 Å². The number of fused-ring (bicyclic) bond motifs is 16. The van der Waals surface area contributed by atoms with Crippen LogP contribution in [0.15, 0.2) is 255 Å². The van der Waals surface area contributed by atoms with Crippen LogP contribution in [0, 0.1) is 0 Å². The van der Waals surface area contributed by atoms with Gasteiger partial charge in [-0.25, -0.2) is 0 Å². The van der Waals surface area contributed by atoms with Gasteiger partial charge < -0.3 is 9.13 Å². The summed E-state index contributed by atoms with van der Waals surface area (Å²) in [7, 11) is -2.56. The van der Waals surface area contributed by atoms with E-state index >= 15 is 0 Å². The molecule has 0 N–H and O–H groups in total. The Kier molecular flexibility index (Phi) is 8.12.